The van der Waals surface area contributed by atoms with Crippen molar-refractivity contribution in [1.82, 2.24) is 13.7 Å². The summed E-state index contributed by atoms with van der Waals surface area (Å²) in [5.74, 6) is -0.743. The van der Waals surface area contributed by atoms with Crippen LogP contribution in [0.5, 0.6) is 0 Å². The minimum absolute atomic E-state index is 0.322. The number of ether oxygens (including phenoxy) is 1. The van der Waals surface area contributed by atoms with Crippen molar-refractivity contribution in [2.75, 3.05) is 6.61 Å². The molecule has 0 fully saturated rings. The Morgan fingerprint density at radius 3 is 1.95 bits per heavy atom. The molecule has 0 radical (unpaired) electrons. The summed E-state index contributed by atoms with van der Waals surface area (Å²) < 4.78 is 6.05. The van der Waals surface area contributed by atoms with Crippen molar-refractivity contribution in [3.63, 3.8) is 0 Å². The van der Waals surface area contributed by atoms with Gasteiger partial charge in [0.1, 0.15) is 19.1 Å². The van der Waals surface area contributed by atoms with E-state index in [1.54, 1.807) is 0 Å². The van der Waals surface area contributed by atoms with Crippen molar-refractivity contribution in [2.24, 2.45) is 0 Å². The summed E-state index contributed by atoms with van der Waals surface area (Å²) in [4.78, 5) is 47.1. The van der Waals surface area contributed by atoms with E-state index in [-0.39, 0.29) is 13.2 Å². The van der Waals surface area contributed by atoms with Crippen LogP contribution in [0.4, 0.5) is 0 Å². The Morgan fingerprint density at radius 1 is 1.14 bits per heavy atom. The lowest BCUT2D eigenvalue weighted by atomic mass is 10.5. The predicted octanol–water partition coefficient (Wildman–Crippen LogP) is -2.08. The number of aliphatic hydroxyl groups excluding tert-OH is 2. The van der Waals surface area contributed by atoms with E-state index in [9.17, 15) is 29.4 Å². The van der Waals surface area contributed by atoms with Crippen LogP contribution >= 0.6 is 0 Å². The highest BCUT2D eigenvalue weighted by molar-refractivity contribution is 5.81. The lowest BCUT2D eigenvalue weighted by Crippen LogP contribution is -2.56. The van der Waals surface area contributed by atoms with Crippen LogP contribution in [0.1, 0.15) is 26.3 Å². The number of aliphatic hydroxyl groups is 2. The van der Waals surface area contributed by atoms with Crippen LogP contribution < -0.4 is 17.1 Å². The number of carbonyl (C=O) groups excluding carboxylic acids is 1. The Hall–Kier alpha value is -2.46. The molecule has 2 atom stereocenters. The third-order valence-electron chi connectivity index (χ3n) is 2.76. The number of nitrogens with zero attached hydrogens (tertiary/aromatic N) is 3. The van der Waals surface area contributed by atoms with E-state index in [0.717, 1.165) is 19.9 Å². The summed E-state index contributed by atoms with van der Waals surface area (Å²) in [6.45, 7) is 4.82. The third kappa shape index (κ3) is 3.40. The van der Waals surface area contributed by atoms with Crippen molar-refractivity contribution in [1.29, 1.82) is 0 Å². The van der Waals surface area contributed by atoms with Crippen molar-refractivity contribution in [3.05, 3.63) is 44.1 Å². The van der Waals surface area contributed by atoms with Gasteiger partial charge in [0, 0.05) is 6.08 Å². The molecule has 0 saturated carbocycles. The Labute approximate surface area is 124 Å². The van der Waals surface area contributed by atoms with Crippen LogP contribution in [0, 0.1) is 0 Å². The first-order valence-electron chi connectivity index (χ1n) is 6.35. The number of hydrogen-bond acceptors (Lipinski definition) is 7. The molecule has 0 aliphatic carbocycles. The van der Waals surface area contributed by atoms with E-state index in [1.807, 2.05) is 0 Å². The maximum atomic E-state index is 12.1. The predicted molar refractivity (Wildman–Crippen MR) is 74.2 cm³/mol. The summed E-state index contributed by atoms with van der Waals surface area (Å²) >= 11 is 0. The van der Waals surface area contributed by atoms with Gasteiger partial charge in [0.05, 0.1) is 6.54 Å². The molecule has 10 nitrogen and oxygen atoms in total. The molecule has 0 aromatic carbocycles. The lowest BCUT2D eigenvalue weighted by molar-refractivity contribution is -0.138. The molecule has 0 amide bonds. The van der Waals surface area contributed by atoms with Gasteiger partial charge in [-0.2, -0.15) is 0 Å². The first-order chi connectivity index (χ1) is 10.2. The average Bonchev–Trinajstić information content (AvgIpc) is 2.41. The SMILES string of the molecule is C=CC(=O)OCCn1c(=O)n(C(C)O)c(=O)n(C(C)O)c1=O. The molecule has 0 aliphatic rings. The van der Waals surface area contributed by atoms with Gasteiger partial charge in [-0.25, -0.2) is 32.9 Å². The summed E-state index contributed by atoms with van der Waals surface area (Å²) in [7, 11) is 0. The fraction of sp³-hybridized carbons (Fsp3) is 0.500. The van der Waals surface area contributed by atoms with E-state index >= 15 is 0 Å². The number of rotatable bonds is 6. The van der Waals surface area contributed by atoms with Crippen LogP contribution in [0.3, 0.4) is 0 Å². The second kappa shape index (κ2) is 7.00. The molecule has 2 N–H and O–H groups in total. The maximum Gasteiger partial charge on any atom is 0.340 e. The molecule has 0 spiro atoms. The van der Waals surface area contributed by atoms with Crippen molar-refractivity contribution in [3.8, 4) is 0 Å². The Bertz CT molecular complexity index is 692. The van der Waals surface area contributed by atoms with Crippen LogP contribution in [-0.4, -0.2) is 36.5 Å². The fourth-order valence-corrected chi connectivity index (χ4v) is 1.75. The molecule has 122 valence electrons. The quantitative estimate of drug-likeness (QED) is 0.455. The minimum atomic E-state index is -1.51. The summed E-state index contributed by atoms with van der Waals surface area (Å²) in [5.41, 5.74) is -3.28. The fourth-order valence-electron chi connectivity index (χ4n) is 1.75. The zero-order valence-electron chi connectivity index (χ0n) is 12.1. The second-order valence-electron chi connectivity index (χ2n) is 4.37. The maximum absolute atomic E-state index is 12.1. The monoisotopic (exact) mass is 315 g/mol. The number of aromatic nitrogens is 3. The van der Waals surface area contributed by atoms with Crippen molar-refractivity contribution < 1.29 is 19.7 Å². The van der Waals surface area contributed by atoms with Crippen molar-refractivity contribution >= 4 is 5.97 Å². The minimum Gasteiger partial charge on any atom is -0.461 e. The summed E-state index contributed by atoms with van der Waals surface area (Å²) in [6.07, 6.45) is -2.10. The largest absolute Gasteiger partial charge is 0.461 e. The molecule has 1 rings (SSSR count). The second-order valence-corrected chi connectivity index (χ2v) is 4.37. The highest BCUT2D eigenvalue weighted by Crippen LogP contribution is 1.94. The molecule has 2 unspecified atom stereocenters. The van der Waals surface area contributed by atoms with Gasteiger partial charge in [0.15, 0.2) is 0 Å². The van der Waals surface area contributed by atoms with E-state index in [4.69, 9.17) is 0 Å². The van der Waals surface area contributed by atoms with Crippen LogP contribution in [0.15, 0.2) is 27.0 Å². The van der Waals surface area contributed by atoms with Gasteiger partial charge < -0.3 is 14.9 Å². The molecule has 1 aromatic heterocycles. The van der Waals surface area contributed by atoms with E-state index in [2.05, 4.69) is 11.3 Å². The van der Waals surface area contributed by atoms with Crippen LogP contribution in [0.25, 0.3) is 0 Å². The van der Waals surface area contributed by atoms with Gasteiger partial charge in [-0.3, -0.25) is 0 Å². The Morgan fingerprint density at radius 2 is 1.59 bits per heavy atom. The third-order valence-corrected chi connectivity index (χ3v) is 2.76. The van der Waals surface area contributed by atoms with Gasteiger partial charge in [-0.1, -0.05) is 6.58 Å². The Balaban J connectivity index is 3.41. The van der Waals surface area contributed by atoms with Gasteiger partial charge >= 0.3 is 23.0 Å². The zero-order chi connectivity index (χ0) is 17.0. The number of esters is 1. The highest BCUT2D eigenvalue weighted by Gasteiger charge is 2.20. The van der Waals surface area contributed by atoms with Crippen molar-refractivity contribution in [2.45, 2.75) is 32.8 Å². The average molecular weight is 315 g/mol. The van der Waals surface area contributed by atoms with E-state index in [1.165, 1.54) is 0 Å². The van der Waals surface area contributed by atoms with Gasteiger partial charge in [0.25, 0.3) is 0 Å². The summed E-state index contributed by atoms with van der Waals surface area (Å²) in [6, 6.07) is 0. The number of hydrogen-bond donors (Lipinski definition) is 2. The first-order valence-corrected chi connectivity index (χ1v) is 6.35. The van der Waals surface area contributed by atoms with Crippen LogP contribution in [0.2, 0.25) is 0 Å². The highest BCUT2D eigenvalue weighted by atomic mass is 16.5. The number of carbonyl (C=O) groups is 1. The molecule has 22 heavy (non-hydrogen) atoms. The van der Waals surface area contributed by atoms with E-state index < -0.39 is 35.5 Å². The molecular weight excluding hydrogens is 298 g/mol. The molecule has 1 heterocycles. The van der Waals surface area contributed by atoms with Crippen LogP contribution in [-0.2, 0) is 16.1 Å². The molecule has 0 bridgehead atoms. The standard InChI is InChI=1S/C12H17N3O7/c1-4-9(18)22-6-5-13-10(19)14(7(2)16)12(21)15(8(3)17)11(13)20/h4,7-8,16-17H,1,5-6H2,2-3H3. The smallest absolute Gasteiger partial charge is 0.340 e. The Kier molecular flexibility index (Phi) is 5.60. The van der Waals surface area contributed by atoms with Gasteiger partial charge in [-0.15, -0.1) is 0 Å². The molecular formula is C12H17N3O7. The first kappa shape index (κ1) is 17.6. The van der Waals surface area contributed by atoms with Gasteiger partial charge in [-0.05, 0) is 13.8 Å². The van der Waals surface area contributed by atoms with Gasteiger partial charge in [0.2, 0.25) is 0 Å². The van der Waals surface area contributed by atoms with E-state index in [0.29, 0.717) is 13.7 Å². The molecule has 10 heteroatoms. The summed E-state index contributed by atoms with van der Waals surface area (Å²) in [5, 5.41) is 19.0. The zero-order valence-corrected chi connectivity index (χ0v) is 12.1. The normalized spacial score (nSPS) is 13.5. The topological polar surface area (TPSA) is 133 Å². The lowest BCUT2D eigenvalue weighted by Gasteiger charge is -2.16. The molecule has 0 aliphatic heterocycles. The molecule has 0 saturated heterocycles. The molecule has 1 aromatic rings.